The van der Waals surface area contributed by atoms with E-state index in [1.807, 2.05) is 24.3 Å². The molecule has 0 aliphatic carbocycles. The van der Waals surface area contributed by atoms with E-state index in [1.165, 1.54) is 11.3 Å². The molecule has 0 aliphatic rings. The number of thiophene rings is 1. The predicted octanol–water partition coefficient (Wildman–Crippen LogP) is 2.82. The van der Waals surface area contributed by atoms with Crippen molar-refractivity contribution in [2.24, 2.45) is 0 Å². The number of carbonyl (C=O) groups excluding carboxylic acids is 1. The Morgan fingerprint density at radius 1 is 1.26 bits per heavy atom. The van der Waals surface area contributed by atoms with Crippen molar-refractivity contribution in [3.63, 3.8) is 0 Å². The minimum atomic E-state index is -0.462. The summed E-state index contributed by atoms with van der Waals surface area (Å²) in [5.74, 6) is -0.135. The fourth-order valence-electron chi connectivity index (χ4n) is 2.44. The van der Waals surface area contributed by atoms with Crippen molar-refractivity contribution in [1.82, 2.24) is 15.0 Å². The van der Waals surface area contributed by atoms with Crippen LogP contribution in [0.5, 0.6) is 0 Å². The molecule has 0 bridgehead atoms. The second-order valence-corrected chi connectivity index (χ2v) is 5.89. The molecule has 3 aromatic heterocycles. The van der Waals surface area contributed by atoms with Gasteiger partial charge in [-0.3, -0.25) is 4.79 Å². The van der Waals surface area contributed by atoms with Gasteiger partial charge < -0.3 is 14.7 Å². The molecule has 4 rings (SSSR count). The lowest BCUT2D eigenvalue weighted by Gasteiger charge is -2.03. The first kappa shape index (κ1) is 13.7. The number of para-hydroxylation sites is 1. The number of esters is 1. The van der Waals surface area contributed by atoms with E-state index in [4.69, 9.17) is 4.74 Å². The van der Waals surface area contributed by atoms with Gasteiger partial charge in [0.1, 0.15) is 17.1 Å². The molecule has 0 atom stereocenters. The van der Waals surface area contributed by atoms with Crippen LogP contribution in [-0.2, 0) is 11.3 Å². The summed E-state index contributed by atoms with van der Waals surface area (Å²) in [6.07, 6.45) is 1.62. The summed E-state index contributed by atoms with van der Waals surface area (Å²) in [6, 6.07) is 9.24. The average Bonchev–Trinajstić information content (AvgIpc) is 3.19. The maximum absolute atomic E-state index is 12.2. The third kappa shape index (κ3) is 2.40. The molecule has 1 aromatic carbocycles. The molecular formula is C16H11N3O3S. The quantitative estimate of drug-likeness (QED) is 0.567. The third-order valence-corrected chi connectivity index (χ3v) is 4.42. The van der Waals surface area contributed by atoms with Gasteiger partial charge in [0.15, 0.2) is 0 Å². The molecular weight excluding hydrogens is 314 g/mol. The topological polar surface area (TPSA) is 87.8 Å². The predicted molar refractivity (Wildman–Crippen MR) is 87.7 cm³/mol. The zero-order chi connectivity index (χ0) is 15.8. The van der Waals surface area contributed by atoms with Crippen molar-refractivity contribution >= 4 is 38.4 Å². The number of aromatic amines is 2. The van der Waals surface area contributed by atoms with E-state index in [0.29, 0.717) is 21.6 Å². The zero-order valence-electron chi connectivity index (χ0n) is 11.8. The van der Waals surface area contributed by atoms with E-state index in [-0.39, 0.29) is 12.2 Å². The van der Waals surface area contributed by atoms with E-state index in [2.05, 4.69) is 15.0 Å². The number of rotatable bonds is 3. The number of nitrogens with zero attached hydrogens (tertiary/aromatic N) is 1. The fourth-order valence-corrected chi connectivity index (χ4v) is 3.17. The summed E-state index contributed by atoms with van der Waals surface area (Å²) in [4.78, 5) is 34.0. The summed E-state index contributed by atoms with van der Waals surface area (Å²) >= 11 is 1.33. The van der Waals surface area contributed by atoms with Crippen molar-refractivity contribution in [2.45, 2.75) is 6.61 Å². The van der Waals surface area contributed by atoms with Crippen molar-refractivity contribution in [3.05, 3.63) is 63.7 Å². The first-order chi connectivity index (χ1) is 11.2. The van der Waals surface area contributed by atoms with Gasteiger partial charge in [-0.2, -0.15) is 0 Å². The lowest BCUT2D eigenvalue weighted by Crippen LogP contribution is -2.13. The standard InChI is InChI=1S/C16H11N3O3S/c20-15-14-12(5-6-23-14)18-13(19-15)8-22-16(21)10-7-17-11-4-2-1-3-9(10)11/h1-7,17H,8H2,(H,18,19,20). The highest BCUT2D eigenvalue weighted by molar-refractivity contribution is 7.17. The minimum Gasteiger partial charge on any atom is -0.454 e. The Morgan fingerprint density at radius 3 is 3.04 bits per heavy atom. The van der Waals surface area contributed by atoms with Crippen LogP contribution in [0.15, 0.2) is 46.7 Å². The molecule has 4 aromatic rings. The molecule has 0 aliphatic heterocycles. The minimum absolute atomic E-state index is 0.0840. The second kappa shape index (κ2) is 5.36. The van der Waals surface area contributed by atoms with Crippen LogP contribution in [0, 0.1) is 0 Å². The fraction of sp³-hybridized carbons (Fsp3) is 0.0625. The number of H-pyrrole nitrogens is 2. The number of nitrogens with one attached hydrogen (secondary N) is 2. The number of carbonyl (C=O) groups is 1. The Hall–Kier alpha value is -2.93. The maximum Gasteiger partial charge on any atom is 0.340 e. The number of ether oxygens (including phenoxy) is 1. The molecule has 7 heteroatoms. The number of aromatic nitrogens is 3. The van der Waals surface area contributed by atoms with Gasteiger partial charge in [0, 0.05) is 17.1 Å². The van der Waals surface area contributed by atoms with Gasteiger partial charge in [0.05, 0.1) is 11.1 Å². The van der Waals surface area contributed by atoms with Gasteiger partial charge in [-0.1, -0.05) is 18.2 Å². The summed E-state index contributed by atoms with van der Waals surface area (Å²) in [5, 5.41) is 2.60. The molecule has 114 valence electrons. The first-order valence-corrected chi connectivity index (χ1v) is 7.80. The highest BCUT2D eigenvalue weighted by Gasteiger charge is 2.14. The zero-order valence-corrected chi connectivity index (χ0v) is 12.6. The molecule has 0 saturated carbocycles. The molecule has 0 unspecified atom stereocenters. The Morgan fingerprint density at radius 2 is 2.13 bits per heavy atom. The van der Waals surface area contributed by atoms with Crippen molar-refractivity contribution in [2.75, 3.05) is 0 Å². The molecule has 0 saturated heterocycles. The molecule has 3 heterocycles. The lowest BCUT2D eigenvalue weighted by molar-refractivity contribution is 0.0465. The Labute approximate surface area is 133 Å². The SMILES string of the molecule is O=C(OCc1nc2ccsc2c(=O)[nH]1)c1c[nH]c2ccccc12. The van der Waals surface area contributed by atoms with Gasteiger partial charge in [0.25, 0.3) is 5.56 Å². The van der Waals surface area contributed by atoms with Gasteiger partial charge in [-0.05, 0) is 17.5 Å². The number of hydrogen-bond donors (Lipinski definition) is 2. The molecule has 0 fully saturated rings. The number of hydrogen-bond acceptors (Lipinski definition) is 5. The van der Waals surface area contributed by atoms with Crippen LogP contribution in [0.25, 0.3) is 21.1 Å². The van der Waals surface area contributed by atoms with Crippen molar-refractivity contribution in [1.29, 1.82) is 0 Å². The van der Waals surface area contributed by atoms with E-state index in [9.17, 15) is 9.59 Å². The van der Waals surface area contributed by atoms with E-state index >= 15 is 0 Å². The summed E-state index contributed by atoms with van der Waals surface area (Å²) < 4.78 is 5.84. The Balaban J connectivity index is 1.58. The first-order valence-electron chi connectivity index (χ1n) is 6.92. The Kier molecular flexibility index (Phi) is 3.20. The number of benzene rings is 1. The monoisotopic (exact) mass is 325 g/mol. The van der Waals surface area contributed by atoms with Gasteiger partial charge >= 0.3 is 5.97 Å². The summed E-state index contributed by atoms with van der Waals surface area (Å²) in [5.41, 5.74) is 1.71. The van der Waals surface area contributed by atoms with Gasteiger partial charge in [-0.25, -0.2) is 9.78 Å². The molecule has 0 radical (unpaired) electrons. The molecule has 2 N–H and O–H groups in total. The van der Waals surface area contributed by atoms with Crippen molar-refractivity contribution in [3.8, 4) is 0 Å². The average molecular weight is 325 g/mol. The van der Waals surface area contributed by atoms with Crippen LogP contribution in [0.1, 0.15) is 16.2 Å². The largest absolute Gasteiger partial charge is 0.454 e. The lowest BCUT2D eigenvalue weighted by atomic mass is 10.2. The third-order valence-electron chi connectivity index (χ3n) is 3.51. The van der Waals surface area contributed by atoms with Crippen LogP contribution in [-0.4, -0.2) is 20.9 Å². The highest BCUT2D eigenvalue weighted by Crippen LogP contribution is 2.19. The van der Waals surface area contributed by atoms with Gasteiger partial charge in [-0.15, -0.1) is 11.3 Å². The molecule has 23 heavy (non-hydrogen) atoms. The highest BCUT2D eigenvalue weighted by atomic mass is 32.1. The van der Waals surface area contributed by atoms with E-state index in [1.54, 1.807) is 17.6 Å². The van der Waals surface area contributed by atoms with Crippen LogP contribution < -0.4 is 5.56 Å². The normalized spacial score (nSPS) is 11.1. The van der Waals surface area contributed by atoms with E-state index in [0.717, 1.165) is 10.9 Å². The summed E-state index contributed by atoms with van der Waals surface area (Å²) in [6.45, 7) is -0.0840. The number of fused-ring (bicyclic) bond motifs is 2. The van der Waals surface area contributed by atoms with Crippen molar-refractivity contribution < 1.29 is 9.53 Å². The smallest absolute Gasteiger partial charge is 0.340 e. The second-order valence-electron chi connectivity index (χ2n) is 4.97. The van der Waals surface area contributed by atoms with Crippen LogP contribution in [0.4, 0.5) is 0 Å². The maximum atomic E-state index is 12.2. The molecule has 0 spiro atoms. The van der Waals surface area contributed by atoms with E-state index < -0.39 is 5.97 Å². The van der Waals surface area contributed by atoms with Gasteiger partial charge in [0.2, 0.25) is 0 Å². The molecule has 6 nitrogen and oxygen atoms in total. The van der Waals surface area contributed by atoms with Crippen LogP contribution in [0.3, 0.4) is 0 Å². The molecule has 0 amide bonds. The summed E-state index contributed by atoms with van der Waals surface area (Å²) in [7, 11) is 0. The van der Waals surface area contributed by atoms with Crippen LogP contribution >= 0.6 is 11.3 Å². The van der Waals surface area contributed by atoms with Crippen LogP contribution in [0.2, 0.25) is 0 Å². The Bertz CT molecular complexity index is 1080.